The molecule has 7 rings (SSSR count). The van der Waals surface area contributed by atoms with E-state index in [-0.39, 0.29) is 0 Å². The van der Waals surface area contributed by atoms with Crippen molar-refractivity contribution < 1.29 is 0 Å². The van der Waals surface area contributed by atoms with E-state index < -0.39 is 0 Å². The monoisotopic (exact) mass is 474 g/mol. The van der Waals surface area contributed by atoms with Crippen LogP contribution < -0.4 is 0 Å². The second kappa shape index (κ2) is 6.81. The zero-order valence-electron chi connectivity index (χ0n) is 16.8. The fraction of sp³-hybridized carbons (Fsp3) is 0. The fourth-order valence-corrected chi connectivity index (χ4v) is 7.44. The minimum Gasteiger partial charge on any atom is -0.242 e. The van der Waals surface area contributed by atoms with Crippen LogP contribution in [-0.2, 0) is 0 Å². The summed E-state index contributed by atoms with van der Waals surface area (Å²) in [6.07, 6.45) is 0. The van der Waals surface area contributed by atoms with Crippen LogP contribution in [-0.4, -0.2) is 9.97 Å². The molecule has 4 nitrogen and oxygen atoms in total. The molecule has 152 valence electrons. The molecule has 0 bridgehead atoms. The second-order valence-corrected chi connectivity index (χ2v) is 10.5. The maximum atomic E-state index is 9.69. The van der Waals surface area contributed by atoms with Crippen molar-refractivity contribution in [3.63, 3.8) is 0 Å². The van der Waals surface area contributed by atoms with E-state index in [2.05, 4.69) is 47.2 Å². The van der Waals surface area contributed by atoms with E-state index in [0.717, 1.165) is 48.7 Å². The van der Waals surface area contributed by atoms with Crippen molar-refractivity contribution in [3.8, 4) is 54.2 Å². The van der Waals surface area contributed by atoms with Crippen molar-refractivity contribution in [2.45, 2.75) is 0 Å². The number of hydrogen-bond donors (Lipinski definition) is 0. The topological polar surface area (TPSA) is 73.4 Å². The summed E-state index contributed by atoms with van der Waals surface area (Å²) < 4.78 is 0. The van der Waals surface area contributed by atoms with E-state index in [1.165, 1.54) is 9.75 Å². The van der Waals surface area contributed by atoms with Crippen LogP contribution in [0.25, 0.3) is 63.8 Å². The molecule has 0 aliphatic heterocycles. The van der Waals surface area contributed by atoms with Crippen LogP contribution >= 0.6 is 34.0 Å². The van der Waals surface area contributed by atoms with Gasteiger partial charge in [0, 0.05) is 31.7 Å². The molecule has 0 amide bonds. The number of thiophene rings is 3. The lowest BCUT2D eigenvalue weighted by molar-refractivity contribution is 1.33. The van der Waals surface area contributed by atoms with Gasteiger partial charge in [-0.2, -0.15) is 10.5 Å². The Morgan fingerprint density at radius 3 is 1.58 bits per heavy atom. The van der Waals surface area contributed by atoms with E-state index in [4.69, 9.17) is 9.97 Å². The molecule has 0 saturated carbocycles. The molecule has 33 heavy (non-hydrogen) atoms. The number of benzene rings is 2. The number of nitrogens with zero attached hydrogens (tertiary/aromatic N) is 4. The Kier molecular flexibility index (Phi) is 3.85. The lowest BCUT2D eigenvalue weighted by Crippen LogP contribution is -1.89. The zero-order chi connectivity index (χ0) is 22.1. The molecule has 1 aliphatic rings. The molecule has 0 N–H and O–H groups in total. The van der Waals surface area contributed by atoms with Gasteiger partial charge in [-0.05, 0) is 35.0 Å². The maximum absolute atomic E-state index is 9.69. The predicted molar refractivity (Wildman–Crippen MR) is 135 cm³/mol. The first-order valence-electron chi connectivity index (χ1n) is 10.1. The van der Waals surface area contributed by atoms with Crippen molar-refractivity contribution in [2.24, 2.45) is 0 Å². The van der Waals surface area contributed by atoms with Crippen molar-refractivity contribution in [3.05, 3.63) is 70.4 Å². The smallest absolute Gasteiger partial charge is 0.110 e. The fourth-order valence-electron chi connectivity index (χ4n) is 4.55. The van der Waals surface area contributed by atoms with E-state index in [0.29, 0.717) is 16.5 Å². The van der Waals surface area contributed by atoms with Crippen molar-refractivity contribution in [1.82, 2.24) is 9.97 Å². The van der Waals surface area contributed by atoms with Crippen LogP contribution in [0.2, 0.25) is 0 Å². The number of hydrogen-bond acceptors (Lipinski definition) is 7. The SMILES string of the molecule is N#Cc1ccc2c3c(ccc(C#N)c13)-c1nc3c(-c4cccs4)sc(-c4cccs4)c3nc1-2. The van der Waals surface area contributed by atoms with Gasteiger partial charge in [0.25, 0.3) is 0 Å². The van der Waals surface area contributed by atoms with Gasteiger partial charge in [-0.15, -0.1) is 34.0 Å². The molecule has 0 saturated heterocycles. The van der Waals surface area contributed by atoms with Crippen LogP contribution in [0.1, 0.15) is 11.1 Å². The van der Waals surface area contributed by atoms with Crippen molar-refractivity contribution in [1.29, 1.82) is 10.5 Å². The normalized spacial score (nSPS) is 11.6. The summed E-state index contributed by atoms with van der Waals surface area (Å²) in [6.45, 7) is 0. The third kappa shape index (κ3) is 2.47. The highest BCUT2D eigenvalue weighted by Crippen LogP contribution is 2.51. The summed E-state index contributed by atoms with van der Waals surface area (Å²) in [5, 5.41) is 25.1. The summed E-state index contributed by atoms with van der Waals surface area (Å²) in [5.74, 6) is 0. The molecule has 0 radical (unpaired) electrons. The largest absolute Gasteiger partial charge is 0.242 e. The summed E-state index contributed by atoms with van der Waals surface area (Å²) in [6, 6.07) is 20.3. The third-order valence-electron chi connectivity index (χ3n) is 5.93. The molecular weight excluding hydrogens is 465 g/mol. The van der Waals surface area contributed by atoms with Gasteiger partial charge in [0.2, 0.25) is 0 Å². The van der Waals surface area contributed by atoms with Crippen molar-refractivity contribution in [2.75, 3.05) is 0 Å². The Hall–Kier alpha value is -3.88. The van der Waals surface area contributed by atoms with Crippen LogP contribution in [0.4, 0.5) is 0 Å². The van der Waals surface area contributed by atoms with E-state index in [1.54, 1.807) is 46.1 Å². The number of rotatable bonds is 2. The minimum atomic E-state index is 0.500. The molecule has 0 fully saturated rings. The Morgan fingerprint density at radius 1 is 0.636 bits per heavy atom. The Balaban J connectivity index is 1.62. The quantitative estimate of drug-likeness (QED) is 0.257. The molecule has 1 aliphatic carbocycles. The zero-order valence-corrected chi connectivity index (χ0v) is 19.2. The third-order valence-corrected chi connectivity index (χ3v) is 9.20. The molecule has 0 unspecified atom stereocenters. The number of aromatic nitrogens is 2. The van der Waals surface area contributed by atoms with E-state index in [1.807, 2.05) is 12.1 Å². The first-order chi connectivity index (χ1) is 16.3. The van der Waals surface area contributed by atoms with Crippen LogP contribution in [0.3, 0.4) is 0 Å². The Labute approximate surface area is 200 Å². The van der Waals surface area contributed by atoms with Crippen molar-refractivity contribution >= 4 is 55.8 Å². The second-order valence-electron chi connectivity index (χ2n) is 7.63. The molecule has 6 aromatic rings. The summed E-state index contributed by atoms with van der Waals surface area (Å²) in [7, 11) is 0. The van der Waals surface area contributed by atoms with Gasteiger partial charge in [-0.3, -0.25) is 0 Å². The molecule has 0 spiro atoms. The molecule has 0 atom stereocenters. The number of nitriles is 2. The predicted octanol–water partition coefficient (Wildman–Crippen LogP) is 7.69. The summed E-state index contributed by atoms with van der Waals surface area (Å²) >= 11 is 5.14. The van der Waals surface area contributed by atoms with Crippen LogP contribution in [0, 0.1) is 22.7 Å². The van der Waals surface area contributed by atoms with Gasteiger partial charge in [0.05, 0.1) is 44.4 Å². The van der Waals surface area contributed by atoms with Gasteiger partial charge in [-0.25, -0.2) is 9.97 Å². The summed E-state index contributed by atoms with van der Waals surface area (Å²) in [5.41, 5.74) is 6.29. The molecule has 2 aromatic carbocycles. The van der Waals surface area contributed by atoms with E-state index in [9.17, 15) is 10.5 Å². The Bertz CT molecular complexity index is 1700. The highest BCUT2D eigenvalue weighted by molar-refractivity contribution is 7.27. The average molecular weight is 475 g/mol. The molecule has 4 heterocycles. The Morgan fingerprint density at radius 2 is 1.15 bits per heavy atom. The number of fused-ring (bicyclic) bond motifs is 4. The lowest BCUT2D eigenvalue weighted by atomic mass is 9.96. The standard InChI is InChI=1S/C26H10N4S3/c27-11-13-5-7-15-20-16(8-6-14(12-28)19(13)20)22-21(15)29-23-24(30-22)26(18-4-2-10-32-18)33-25(23)17-3-1-9-31-17/h1-10H. The molecule has 4 aromatic heterocycles. The van der Waals surface area contributed by atoms with Gasteiger partial charge < -0.3 is 0 Å². The molecular formula is C26H10N4S3. The highest BCUT2D eigenvalue weighted by atomic mass is 32.1. The average Bonchev–Trinajstić information content (AvgIpc) is 3.64. The van der Waals surface area contributed by atoms with Crippen LogP contribution in [0.5, 0.6) is 0 Å². The van der Waals surface area contributed by atoms with Gasteiger partial charge in [-0.1, -0.05) is 24.3 Å². The maximum Gasteiger partial charge on any atom is 0.110 e. The lowest BCUT2D eigenvalue weighted by Gasteiger charge is -2.05. The first-order valence-corrected chi connectivity index (χ1v) is 12.7. The van der Waals surface area contributed by atoms with Gasteiger partial charge in [0.15, 0.2) is 0 Å². The van der Waals surface area contributed by atoms with E-state index >= 15 is 0 Å². The first kappa shape index (κ1) is 18.7. The minimum absolute atomic E-state index is 0.500. The van der Waals surface area contributed by atoms with Crippen LogP contribution in [0.15, 0.2) is 59.3 Å². The van der Waals surface area contributed by atoms with Gasteiger partial charge in [0.1, 0.15) is 11.0 Å². The highest BCUT2D eigenvalue weighted by Gasteiger charge is 2.29. The molecule has 7 heteroatoms. The summed E-state index contributed by atoms with van der Waals surface area (Å²) in [4.78, 5) is 15.0. The van der Waals surface area contributed by atoms with Gasteiger partial charge >= 0.3 is 0 Å².